The van der Waals surface area contributed by atoms with Crippen molar-refractivity contribution in [3.63, 3.8) is 0 Å². The Hall–Kier alpha value is -2.41. The third-order valence-electron chi connectivity index (χ3n) is 3.56. The first-order valence-corrected chi connectivity index (χ1v) is 8.74. The van der Waals surface area contributed by atoms with Crippen molar-refractivity contribution in [2.75, 3.05) is 12.9 Å². The molecule has 0 atom stereocenters. The lowest BCUT2D eigenvalue weighted by molar-refractivity contribution is 0.0601. The normalized spacial score (nSPS) is 10.9. The van der Waals surface area contributed by atoms with Crippen LogP contribution >= 0.6 is 11.8 Å². The summed E-state index contributed by atoms with van der Waals surface area (Å²) in [7, 11) is 1.37. The number of aromatic nitrogens is 4. The number of rotatable bonds is 6. The summed E-state index contributed by atoms with van der Waals surface area (Å²) in [4.78, 5) is 20.6. The molecular formula is C17H18N4O2S. The number of benzene rings is 1. The summed E-state index contributed by atoms with van der Waals surface area (Å²) in [6.45, 7) is 2.16. The topological polar surface area (TPSA) is 69.9 Å². The van der Waals surface area contributed by atoms with E-state index in [1.807, 2.05) is 6.07 Å². The van der Waals surface area contributed by atoms with Crippen LogP contribution in [0, 0.1) is 0 Å². The Balaban J connectivity index is 1.96. The van der Waals surface area contributed by atoms with Gasteiger partial charge in [-0.05, 0) is 18.6 Å². The molecule has 3 rings (SSSR count). The van der Waals surface area contributed by atoms with Crippen molar-refractivity contribution in [2.24, 2.45) is 0 Å². The van der Waals surface area contributed by atoms with Gasteiger partial charge in [0.05, 0.1) is 24.4 Å². The Morgan fingerprint density at radius 1 is 1.33 bits per heavy atom. The second kappa shape index (κ2) is 7.44. The lowest BCUT2D eigenvalue weighted by Crippen LogP contribution is -2.04. The van der Waals surface area contributed by atoms with Crippen LogP contribution in [0.25, 0.3) is 16.7 Å². The molecule has 0 aliphatic heterocycles. The number of nitrogens with zero attached hydrogens (tertiary/aromatic N) is 4. The summed E-state index contributed by atoms with van der Waals surface area (Å²) in [5.41, 5.74) is 1.29. The van der Waals surface area contributed by atoms with Gasteiger partial charge < -0.3 is 4.74 Å². The van der Waals surface area contributed by atoms with E-state index in [1.165, 1.54) is 7.11 Å². The predicted molar refractivity (Wildman–Crippen MR) is 93.6 cm³/mol. The smallest absolute Gasteiger partial charge is 0.337 e. The first-order chi connectivity index (χ1) is 11.7. The van der Waals surface area contributed by atoms with Gasteiger partial charge in [-0.3, -0.25) is 0 Å². The van der Waals surface area contributed by atoms with Crippen LogP contribution in [0.4, 0.5) is 0 Å². The van der Waals surface area contributed by atoms with Gasteiger partial charge in [-0.15, -0.1) is 0 Å². The van der Waals surface area contributed by atoms with Crippen molar-refractivity contribution in [2.45, 2.75) is 24.9 Å². The number of carbonyl (C=O) groups excluding carboxylic acids is 1. The third kappa shape index (κ3) is 3.41. The number of carbonyl (C=O) groups is 1. The van der Waals surface area contributed by atoms with E-state index in [0.717, 1.165) is 34.7 Å². The van der Waals surface area contributed by atoms with Crippen molar-refractivity contribution in [3.05, 3.63) is 42.2 Å². The molecule has 2 heterocycles. The van der Waals surface area contributed by atoms with Gasteiger partial charge in [-0.25, -0.2) is 19.4 Å². The van der Waals surface area contributed by atoms with E-state index in [1.54, 1.807) is 47.0 Å². The van der Waals surface area contributed by atoms with Gasteiger partial charge in [0.1, 0.15) is 0 Å². The molecule has 3 aromatic rings. The van der Waals surface area contributed by atoms with Gasteiger partial charge >= 0.3 is 5.97 Å². The van der Waals surface area contributed by atoms with Gasteiger partial charge in [0.25, 0.3) is 0 Å². The summed E-state index contributed by atoms with van der Waals surface area (Å²) in [6.07, 6.45) is 5.76. The lowest BCUT2D eigenvalue weighted by Gasteiger charge is -2.05. The summed E-state index contributed by atoms with van der Waals surface area (Å²) in [6, 6.07) is 7.15. The Morgan fingerprint density at radius 2 is 2.21 bits per heavy atom. The van der Waals surface area contributed by atoms with Crippen LogP contribution in [-0.2, 0) is 4.74 Å². The molecule has 0 N–H and O–H groups in total. The Labute approximate surface area is 144 Å². The molecule has 0 aliphatic rings. The number of methoxy groups -OCH3 is 1. The van der Waals surface area contributed by atoms with Crippen molar-refractivity contribution in [1.82, 2.24) is 19.7 Å². The van der Waals surface area contributed by atoms with E-state index >= 15 is 0 Å². The van der Waals surface area contributed by atoms with E-state index in [4.69, 9.17) is 4.74 Å². The summed E-state index contributed by atoms with van der Waals surface area (Å²) in [5.74, 6) is 1.30. The Bertz CT molecular complexity index is 863. The third-order valence-corrected chi connectivity index (χ3v) is 4.50. The summed E-state index contributed by atoms with van der Waals surface area (Å²) in [5, 5.41) is 6.06. The number of thioether (sulfide) groups is 1. The largest absolute Gasteiger partial charge is 0.465 e. The highest BCUT2D eigenvalue weighted by molar-refractivity contribution is 7.99. The molecule has 124 valence electrons. The average Bonchev–Trinajstić information content (AvgIpc) is 3.04. The second-order valence-corrected chi connectivity index (χ2v) is 6.28. The summed E-state index contributed by atoms with van der Waals surface area (Å²) < 4.78 is 6.50. The zero-order valence-corrected chi connectivity index (χ0v) is 14.4. The molecule has 0 saturated heterocycles. The van der Waals surface area contributed by atoms with E-state index < -0.39 is 0 Å². The van der Waals surface area contributed by atoms with E-state index in [-0.39, 0.29) is 5.97 Å². The second-order valence-electron chi connectivity index (χ2n) is 5.22. The van der Waals surface area contributed by atoms with Gasteiger partial charge in [-0.1, -0.05) is 31.2 Å². The molecule has 6 nitrogen and oxygen atoms in total. The number of hydrogen-bond acceptors (Lipinski definition) is 6. The minimum atomic E-state index is -0.372. The van der Waals surface area contributed by atoms with E-state index in [2.05, 4.69) is 22.0 Å². The molecule has 0 amide bonds. The fourth-order valence-electron chi connectivity index (χ4n) is 2.27. The van der Waals surface area contributed by atoms with Gasteiger partial charge in [0, 0.05) is 23.4 Å². The van der Waals surface area contributed by atoms with Crippen LogP contribution in [-0.4, -0.2) is 38.6 Å². The first-order valence-electron chi connectivity index (χ1n) is 7.75. The molecule has 0 spiro atoms. The molecule has 2 aromatic heterocycles. The number of hydrogen-bond donors (Lipinski definition) is 0. The average molecular weight is 342 g/mol. The fourth-order valence-corrected chi connectivity index (χ4v) is 3.18. The number of fused-ring (bicyclic) bond motifs is 1. The molecular weight excluding hydrogens is 324 g/mol. The Morgan fingerprint density at radius 3 is 3.00 bits per heavy atom. The first kappa shape index (κ1) is 16.4. The molecule has 0 saturated carbocycles. The van der Waals surface area contributed by atoms with Crippen molar-refractivity contribution >= 4 is 28.6 Å². The highest BCUT2D eigenvalue weighted by Crippen LogP contribution is 2.21. The molecule has 0 fully saturated rings. The zero-order chi connectivity index (χ0) is 16.9. The van der Waals surface area contributed by atoms with Crippen LogP contribution in [0.2, 0.25) is 0 Å². The molecule has 1 aromatic carbocycles. The van der Waals surface area contributed by atoms with Gasteiger partial charge in [0.15, 0.2) is 11.0 Å². The molecule has 0 unspecified atom stereocenters. The van der Waals surface area contributed by atoms with E-state index in [0.29, 0.717) is 11.4 Å². The van der Waals surface area contributed by atoms with Crippen molar-refractivity contribution in [3.8, 4) is 5.82 Å². The highest BCUT2D eigenvalue weighted by Gasteiger charge is 2.11. The maximum absolute atomic E-state index is 11.7. The quantitative estimate of drug-likeness (QED) is 0.295. The highest BCUT2D eigenvalue weighted by atomic mass is 32.2. The van der Waals surface area contributed by atoms with Crippen LogP contribution < -0.4 is 0 Å². The van der Waals surface area contributed by atoms with Crippen LogP contribution in [0.1, 0.15) is 30.1 Å². The molecule has 0 radical (unpaired) electrons. The van der Waals surface area contributed by atoms with Crippen LogP contribution in [0.5, 0.6) is 0 Å². The van der Waals surface area contributed by atoms with Gasteiger partial charge in [0.2, 0.25) is 0 Å². The van der Waals surface area contributed by atoms with E-state index in [9.17, 15) is 4.79 Å². The van der Waals surface area contributed by atoms with Crippen molar-refractivity contribution in [1.29, 1.82) is 0 Å². The molecule has 0 aliphatic carbocycles. The Kier molecular flexibility index (Phi) is 5.10. The maximum atomic E-state index is 11.7. The number of ether oxygens (including phenoxy) is 1. The molecule has 7 heteroatoms. The molecule has 0 bridgehead atoms. The molecule has 24 heavy (non-hydrogen) atoms. The van der Waals surface area contributed by atoms with Crippen LogP contribution in [0.15, 0.2) is 41.8 Å². The standard InChI is InChI=1S/C17H18N4O2S/c1-3-4-9-24-17-18-8-7-15(20-17)21-14-10-12(16(22)23-2)5-6-13(14)11-19-21/h5-8,10-11H,3-4,9H2,1-2H3. The maximum Gasteiger partial charge on any atom is 0.337 e. The van der Waals surface area contributed by atoms with Gasteiger partial charge in [-0.2, -0.15) is 5.10 Å². The minimum Gasteiger partial charge on any atom is -0.465 e. The minimum absolute atomic E-state index is 0.372. The monoisotopic (exact) mass is 342 g/mol. The SMILES string of the molecule is CCCCSc1nccc(-n2ncc3ccc(C(=O)OC)cc32)n1. The predicted octanol–water partition coefficient (Wildman–Crippen LogP) is 3.49. The summed E-state index contributed by atoms with van der Waals surface area (Å²) >= 11 is 1.64. The fraction of sp³-hybridized carbons (Fsp3) is 0.294. The number of unbranched alkanes of at least 4 members (excludes halogenated alkanes) is 1. The number of esters is 1. The van der Waals surface area contributed by atoms with Crippen LogP contribution in [0.3, 0.4) is 0 Å². The lowest BCUT2D eigenvalue weighted by atomic mass is 10.1. The van der Waals surface area contributed by atoms with Crippen molar-refractivity contribution < 1.29 is 9.53 Å². The zero-order valence-electron chi connectivity index (χ0n) is 13.6.